The number of hydrogen-bond acceptors (Lipinski definition) is 4. The summed E-state index contributed by atoms with van der Waals surface area (Å²) in [6.07, 6.45) is -4.57. The molecule has 0 fully saturated rings. The number of nitrogens with one attached hydrogen (secondary N) is 2. The zero-order chi connectivity index (χ0) is 19.4. The number of hydrazine groups is 1. The third-order valence-corrected chi connectivity index (χ3v) is 4.47. The predicted molar refractivity (Wildman–Crippen MR) is 86.6 cm³/mol. The van der Waals surface area contributed by atoms with E-state index in [0.717, 1.165) is 17.7 Å². The molecule has 0 atom stereocenters. The second kappa shape index (κ2) is 7.75. The highest BCUT2D eigenvalue weighted by atomic mass is 32.2. The Balaban J connectivity index is 1.90. The molecule has 0 saturated heterocycles. The zero-order valence-corrected chi connectivity index (χ0v) is 14.3. The van der Waals surface area contributed by atoms with Gasteiger partial charge in [0.05, 0.1) is 10.5 Å². The molecule has 2 rings (SSSR count). The summed E-state index contributed by atoms with van der Waals surface area (Å²) >= 11 is 0. The molecule has 0 radical (unpaired) electrons. The lowest BCUT2D eigenvalue weighted by molar-refractivity contribution is -0.137. The van der Waals surface area contributed by atoms with Crippen molar-refractivity contribution in [3.05, 3.63) is 59.7 Å². The van der Waals surface area contributed by atoms with Crippen LogP contribution in [0.4, 0.5) is 13.2 Å². The van der Waals surface area contributed by atoms with Gasteiger partial charge >= 0.3 is 6.18 Å². The Morgan fingerprint density at radius 3 is 2.15 bits per heavy atom. The summed E-state index contributed by atoms with van der Waals surface area (Å²) in [6, 6.07) is 9.71. The highest BCUT2D eigenvalue weighted by Gasteiger charge is 2.30. The van der Waals surface area contributed by atoms with E-state index in [9.17, 15) is 26.4 Å². The second-order valence-corrected chi connectivity index (χ2v) is 6.96. The van der Waals surface area contributed by atoms with E-state index in [0.29, 0.717) is 17.9 Å². The number of ether oxygens (including phenoxy) is 1. The largest absolute Gasteiger partial charge is 0.484 e. The molecule has 0 unspecified atom stereocenters. The molecule has 6 nitrogen and oxygen atoms in total. The molecule has 140 valence electrons. The quantitative estimate of drug-likeness (QED) is 0.745. The molecule has 1 amide bonds. The van der Waals surface area contributed by atoms with E-state index >= 15 is 0 Å². The lowest BCUT2D eigenvalue weighted by Gasteiger charge is -2.11. The summed E-state index contributed by atoms with van der Waals surface area (Å²) in [5.74, 6) is -0.350. The predicted octanol–water partition coefficient (Wildman–Crippen LogP) is 2.40. The van der Waals surface area contributed by atoms with Crippen molar-refractivity contribution in [2.45, 2.75) is 18.0 Å². The molecule has 0 spiro atoms. The van der Waals surface area contributed by atoms with Crippen LogP contribution in [0.5, 0.6) is 5.75 Å². The Kier molecular flexibility index (Phi) is 5.88. The number of carbonyl (C=O) groups is 1. The van der Waals surface area contributed by atoms with Crippen LogP contribution in [-0.4, -0.2) is 20.9 Å². The third-order valence-electron chi connectivity index (χ3n) is 3.21. The van der Waals surface area contributed by atoms with Crippen LogP contribution in [0.1, 0.15) is 11.1 Å². The molecule has 0 aliphatic rings. The molecule has 0 aromatic heterocycles. The Bertz CT molecular complexity index is 864. The minimum absolute atomic E-state index is 0.426. The van der Waals surface area contributed by atoms with E-state index in [1.165, 1.54) is 0 Å². The molecule has 2 aromatic carbocycles. The van der Waals surface area contributed by atoms with Crippen molar-refractivity contribution < 1.29 is 31.1 Å². The van der Waals surface area contributed by atoms with Crippen molar-refractivity contribution in [3.8, 4) is 5.75 Å². The molecule has 0 heterocycles. The number of amides is 1. The van der Waals surface area contributed by atoms with Gasteiger partial charge in [0.2, 0.25) is 0 Å². The first kappa shape index (κ1) is 19.7. The van der Waals surface area contributed by atoms with E-state index in [2.05, 4.69) is 0 Å². The normalized spacial score (nSPS) is 11.8. The van der Waals surface area contributed by atoms with Crippen LogP contribution in [0.3, 0.4) is 0 Å². The van der Waals surface area contributed by atoms with Gasteiger partial charge in [-0.3, -0.25) is 10.2 Å². The fraction of sp³-hybridized carbons (Fsp3) is 0.188. The monoisotopic (exact) mass is 388 g/mol. The first-order chi connectivity index (χ1) is 12.1. The van der Waals surface area contributed by atoms with Gasteiger partial charge < -0.3 is 4.74 Å². The maximum atomic E-state index is 12.5. The van der Waals surface area contributed by atoms with Crippen LogP contribution >= 0.6 is 0 Å². The number of rotatable bonds is 6. The molecule has 0 aliphatic carbocycles. The fourth-order valence-electron chi connectivity index (χ4n) is 1.83. The van der Waals surface area contributed by atoms with Gasteiger partial charge in [-0.25, -0.2) is 8.42 Å². The van der Waals surface area contributed by atoms with Crippen molar-refractivity contribution in [1.29, 1.82) is 0 Å². The highest BCUT2D eigenvalue weighted by molar-refractivity contribution is 7.89. The molecule has 10 heteroatoms. The lowest BCUT2D eigenvalue weighted by Crippen LogP contribution is -2.43. The summed E-state index contributed by atoms with van der Waals surface area (Å²) in [4.78, 5) is 13.0. The second-order valence-electron chi connectivity index (χ2n) is 5.28. The maximum absolute atomic E-state index is 12.5. The van der Waals surface area contributed by atoms with Gasteiger partial charge in [-0.05, 0) is 43.3 Å². The van der Waals surface area contributed by atoms with Gasteiger partial charge in [0.25, 0.3) is 15.9 Å². The number of alkyl halides is 3. The van der Waals surface area contributed by atoms with Crippen LogP contribution in [0.25, 0.3) is 0 Å². The van der Waals surface area contributed by atoms with Gasteiger partial charge in [0.15, 0.2) is 6.61 Å². The van der Waals surface area contributed by atoms with Gasteiger partial charge in [0, 0.05) is 0 Å². The number of aryl methyl sites for hydroxylation is 1. The smallest absolute Gasteiger partial charge is 0.416 e. The number of halogens is 3. The molecule has 2 aromatic rings. The molecular weight excluding hydrogens is 373 g/mol. The lowest BCUT2D eigenvalue weighted by atomic mass is 10.2. The van der Waals surface area contributed by atoms with Gasteiger partial charge in [-0.15, -0.1) is 4.83 Å². The Morgan fingerprint density at radius 2 is 1.62 bits per heavy atom. The standard InChI is InChI=1S/C16H15F3N2O4S/c1-11-2-6-13(7-3-11)25-10-15(22)20-21-26(23,24)14-8-4-12(5-9-14)16(17,18)19/h2-9,21H,10H2,1H3,(H,20,22). The van der Waals surface area contributed by atoms with Crippen molar-refractivity contribution in [1.82, 2.24) is 10.3 Å². The van der Waals surface area contributed by atoms with Crippen molar-refractivity contribution in [2.75, 3.05) is 6.61 Å². The van der Waals surface area contributed by atoms with E-state index < -0.39 is 39.2 Å². The van der Waals surface area contributed by atoms with Crippen LogP contribution in [-0.2, 0) is 21.0 Å². The summed E-state index contributed by atoms with van der Waals surface area (Å²) in [6.45, 7) is 1.44. The van der Waals surface area contributed by atoms with Gasteiger partial charge in [-0.2, -0.15) is 13.2 Å². The van der Waals surface area contributed by atoms with Crippen molar-refractivity contribution in [3.63, 3.8) is 0 Å². The molecular formula is C16H15F3N2O4S. The Hall–Kier alpha value is -2.59. The number of hydrogen-bond donors (Lipinski definition) is 2. The first-order valence-corrected chi connectivity index (χ1v) is 8.73. The summed E-state index contributed by atoms with van der Waals surface area (Å²) < 4.78 is 66.5. The van der Waals surface area contributed by atoms with Crippen LogP contribution in [0, 0.1) is 6.92 Å². The number of benzene rings is 2. The molecule has 0 saturated carbocycles. The highest BCUT2D eigenvalue weighted by Crippen LogP contribution is 2.29. The first-order valence-electron chi connectivity index (χ1n) is 7.25. The van der Waals surface area contributed by atoms with Crippen LogP contribution < -0.4 is 15.0 Å². The molecule has 0 aliphatic heterocycles. The average Bonchev–Trinajstić information content (AvgIpc) is 2.59. The minimum Gasteiger partial charge on any atom is -0.484 e. The van der Waals surface area contributed by atoms with E-state index in [-0.39, 0.29) is 0 Å². The topological polar surface area (TPSA) is 84.5 Å². The Labute approximate surface area is 148 Å². The summed E-state index contributed by atoms with van der Waals surface area (Å²) in [5.41, 5.74) is 1.95. The summed E-state index contributed by atoms with van der Waals surface area (Å²) in [7, 11) is -4.21. The number of carbonyl (C=O) groups excluding carboxylic acids is 1. The minimum atomic E-state index is -4.57. The fourth-order valence-corrected chi connectivity index (χ4v) is 2.69. The SMILES string of the molecule is Cc1ccc(OCC(=O)NNS(=O)(=O)c2ccc(C(F)(F)F)cc2)cc1. The van der Waals surface area contributed by atoms with E-state index in [1.54, 1.807) is 29.1 Å². The van der Waals surface area contributed by atoms with Crippen molar-refractivity contribution >= 4 is 15.9 Å². The van der Waals surface area contributed by atoms with Crippen LogP contribution in [0.15, 0.2) is 53.4 Å². The summed E-state index contributed by atoms with van der Waals surface area (Å²) in [5, 5.41) is 0. The molecule has 0 bridgehead atoms. The van der Waals surface area contributed by atoms with E-state index in [4.69, 9.17) is 4.74 Å². The van der Waals surface area contributed by atoms with Crippen LogP contribution in [0.2, 0.25) is 0 Å². The van der Waals surface area contributed by atoms with E-state index in [1.807, 2.05) is 12.3 Å². The van der Waals surface area contributed by atoms with Crippen molar-refractivity contribution in [2.24, 2.45) is 0 Å². The molecule has 26 heavy (non-hydrogen) atoms. The zero-order valence-electron chi connectivity index (χ0n) is 13.5. The Morgan fingerprint density at radius 1 is 1.04 bits per heavy atom. The number of sulfonamides is 1. The van der Waals surface area contributed by atoms with Gasteiger partial charge in [-0.1, -0.05) is 17.7 Å². The van der Waals surface area contributed by atoms with Gasteiger partial charge in [0.1, 0.15) is 5.75 Å². The molecule has 2 N–H and O–H groups in total. The average molecular weight is 388 g/mol. The maximum Gasteiger partial charge on any atom is 0.416 e. The third kappa shape index (κ3) is 5.46.